The smallest absolute Gasteiger partial charge is 0.407 e. The van der Waals surface area contributed by atoms with Crippen LogP contribution in [0, 0.1) is 0 Å². The first kappa shape index (κ1) is 21.8. The van der Waals surface area contributed by atoms with Crippen molar-refractivity contribution in [1.82, 2.24) is 15.3 Å². The van der Waals surface area contributed by atoms with Crippen LogP contribution in [0.1, 0.15) is 57.6 Å². The minimum Gasteiger partial charge on any atom is -0.489 e. The molecule has 0 aliphatic heterocycles. The molecule has 0 aromatic carbocycles. The van der Waals surface area contributed by atoms with Crippen LogP contribution in [-0.4, -0.2) is 42.4 Å². The van der Waals surface area contributed by atoms with E-state index in [1.54, 1.807) is 19.3 Å². The van der Waals surface area contributed by atoms with Crippen molar-refractivity contribution in [2.45, 2.75) is 58.0 Å². The monoisotopic (exact) mass is 391 g/mol. The number of likely N-dealkylation sites (N-methyl/N-ethyl adjacent to an activating group) is 1. The van der Waals surface area contributed by atoms with Crippen molar-refractivity contribution in [3.8, 4) is 5.75 Å². The number of alkyl carbamates (subject to hydrolysis) is 1. The normalized spacial score (nSPS) is 15.5. The molecule has 1 aromatic rings. The molecule has 28 heavy (non-hydrogen) atoms. The second-order valence-corrected chi connectivity index (χ2v) is 7.07. The summed E-state index contributed by atoms with van der Waals surface area (Å²) in [5.74, 6) is 6.63. The molecule has 5 N–H and O–H groups in total. The molecule has 8 heteroatoms. The molecule has 8 nitrogen and oxygen atoms in total. The number of hydrazine groups is 1. The molecule has 1 saturated carbocycles. The summed E-state index contributed by atoms with van der Waals surface area (Å²) in [5.41, 5.74) is 7.75. The van der Waals surface area contributed by atoms with Crippen molar-refractivity contribution in [3.05, 3.63) is 29.7 Å². The first-order valence-corrected chi connectivity index (χ1v) is 10.0. The van der Waals surface area contributed by atoms with E-state index in [0.29, 0.717) is 23.7 Å². The minimum atomic E-state index is -0.496. The molecule has 0 atom stereocenters. The van der Waals surface area contributed by atoms with E-state index in [0.717, 1.165) is 31.4 Å². The zero-order valence-corrected chi connectivity index (χ0v) is 16.9. The van der Waals surface area contributed by atoms with Crippen molar-refractivity contribution in [3.63, 3.8) is 0 Å². The quantitative estimate of drug-likeness (QED) is 0.337. The van der Waals surface area contributed by atoms with Crippen molar-refractivity contribution < 1.29 is 14.3 Å². The van der Waals surface area contributed by atoms with E-state index in [1.165, 1.54) is 24.3 Å². The number of nitrogens with one attached hydrogen (secondary N) is 1. The fraction of sp³-hybridized carbons (Fsp3) is 0.600. The number of unbranched alkanes of at least 4 members (excludes halogenated alkanes) is 1. The van der Waals surface area contributed by atoms with Crippen LogP contribution in [-0.2, 0) is 4.74 Å². The Morgan fingerprint density at radius 1 is 1.32 bits per heavy atom. The number of pyridine rings is 1. The molecule has 1 heterocycles. The molecule has 0 bridgehead atoms. The molecule has 1 aliphatic rings. The van der Waals surface area contributed by atoms with Crippen molar-refractivity contribution in [2.75, 3.05) is 20.2 Å². The van der Waals surface area contributed by atoms with Gasteiger partial charge in [-0.2, -0.15) is 0 Å². The fourth-order valence-corrected chi connectivity index (χ4v) is 3.06. The van der Waals surface area contributed by atoms with Gasteiger partial charge in [0, 0.05) is 7.05 Å². The number of hydrogen-bond donors (Lipinski definition) is 3. The Morgan fingerprint density at radius 2 is 2.07 bits per heavy atom. The highest BCUT2D eigenvalue weighted by Gasteiger charge is 2.16. The number of carbonyl (C=O) groups is 1. The van der Waals surface area contributed by atoms with E-state index in [9.17, 15) is 4.79 Å². The van der Waals surface area contributed by atoms with E-state index in [-0.39, 0.29) is 12.6 Å². The van der Waals surface area contributed by atoms with Crippen LogP contribution in [0.25, 0.3) is 5.70 Å². The maximum atomic E-state index is 11.7. The van der Waals surface area contributed by atoms with E-state index in [2.05, 4.69) is 10.3 Å². The predicted octanol–water partition coefficient (Wildman–Crippen LogP) is 2.75. The number of rotatable bonds is 9. The topological polar surface area (TPSA) is 116 Å². The van der Waals surface area contributed by atoms with Gasteiger partial charge in [-0.1, -0.05) is 19.8 Å². The average Bonchev–Trinajstić information content (AvgIpc) is 2.69. The van der Waals surface area contributed by atoms with Crippen LogP contribution < -0.4 is 21.6 Å². The summed E-state index contributed by atoms with van der Waals surface area (Å²) >= 11 is 0. The molecule has 1 fully saturated rings. The maximum absolute atomic E-state index is 11.7. The molecule has 0 unspecified atom stereocenters. The van der Waals surface area contributed by atoms with Gasteiger partial charge < -0.3 is 25.5 Å². The van der Waals surface area contributed by atoms with E-state index in [4.69, 9.17) is 21.1 Å². The highest BCUT2D eigenvalue weighted by Crippen LogP contribution is 2.23. The van der Waals surface area contributed by atoms with Crippen LogP contribution in [0.3, 0.4) is 0 Å². The first-order chi connectivity index (χ1) is 13.5. The zero-order valence-electron chi connectivity index (χ0n) is 16.9. The standard InChI is InChI=1S/C20H33N5O3/c1-3-4-12-27-20(26)24-14-18(25(2)22)19(21)17-11-10-16(13-23-17)28-15-8-6-5-7-9-15/h10-11,13,15H,3-9,12,14,21-22H2,1-2H3,(H,24,26)/b19-18-. The lowest BCUT2D eigenvalue weighted by Crippen LogP contribution is -2.36. The third-order valence-electron chi connectivity index (χ3n) is 4.74. The van der Waals surface area contributed by atoms with Crippen LogP contribution in [0.15, 0.2) is 24.0 Å². The van der Waals surface area contributed by atoms with Gasteiger partial charge in [-0.15, -0.1) is 0 Å². The third kappa shape index (κ3) is 6.92. The lowest BCUT2D eigenvalue weighted by molar-refractivity contribution is 0.145. The Morgan fingerprint density at radius 3 is 2.68 bits per heavy atom. The summed E-state index contributed by atoms with van der Waals surface area (Å²) in [5, 5.41) is 4.04. The number of carbonyl (C=O) groups excluding carboxylic acids is 1. The maximum Gasteiger partial charge on any atom is 0.407 e. The van der Waals surface area contributed by atoms with Gasteiger partial charge in [0.2, 0.25) is 0 Å². The van der Waals surface area contributed by atoms with Crippen LogP contribution in [0.2, 0.25) is 0 Å². The number of ether oxygens (including phenoxy) is 2. The Bertz CT molecular complexity index is 640. The van der Waals surface area contributed by atoms with Gasteiger partial charge in [-0.3, -0.25) is 4.98 Å². The van der Waals surface area contributed by atoms with Gasteiger partial charge >= 0.3 is 6.09 Å². The van der Waals surface area contributed by atoms with Gasteiger partial charge in [-0.25, -0.2) is 10.6 Å². The van der Waals surface area contributed by atoms with Gasteiger partial charge in [0.25, 0.3) is 0 Å². The van der Waals surface area contributed by atoms with Crippen LogP contribution in [0.4, 0.5) is 4.79 Å². The van der Waals surface area contributed by atoms with Gasteiger partial charge in [0.15, 0.2) is 0 Å². The lowest BCUT2D eigenvalue weighted by atomic mass is 9.98. The molecule has 0 saturated heterocycles. The third-order valence-corrected chi connectivity index (χ3v) is 4.74. The minimum absolute atomic E-state index is 0.145. The molecular formula is C20H33N5O3. The molecule has 1 aromatic heterocycles. The second-order valence-electron chi connectivity index (χ2n) is 7.07. The summed E-state index contributed by atoms with van der Waals surface area (Å²) in [6.07, 6.45) is 9.13. The van der Waals surface area contributed by atoms with E-state index < -0.39 is 6.09 Å². The van der Waals surface area contributed by atoms with Crippen LogP contribution in [0.5, 0.6) is 5.75 Å². The summed E-state index contributed by atoms with van der Waals surface area (Å²) in [7, 11) is 1.66. The van der Waals surface area contributed by atoms with Crippen LogP contribution >= 0.6 is 0 Å². The number of amides is 1. The average molecular weight is 392 g/mol. The molecule has 156 valence electrons. The summed E-state index contributed by atoms with van der Waals surface area (Å²) in [4.78, 5) is 16.2. The van der Waals surface area contributed by atoms with Crippen molar-refractivity contribution in [1.29, 1.82) is 0 Å². The molecule has 0 radical (unpaired) electrons. The Labute approximate surface area is 167 Å². The molecule has 2 rings (SSSR count). The van der Waals surface area contributed by atoms with Gasteiger partial charge in [0.1, 0.15) is 5.75 Å². The number of aromatic nitrogens is 1. The molecule has 0 spiro atoms. The summed E-state index contributed by atoms with van der Waals surface area (Å²) in [6.45, 7) is 2.57. The Balaban J connectivity index is 1.98. The predicted molar refractivity (Wildman–Crippen MR) is 109 cm³/mol. The van der Waals surface area contributed by atoms with Gasteiger partial charge in [-0.05, 0) is 44.2 Å². The molecule has 1 amide bonds. The number of nitrogens with zero attached hydrogens (tertiary/aromatic N) is 2. The molecular weight excluding hydrogens is 358 g/mol. The van der Waals surface area contributed by atoms with E-state index in [1.807, 2.05) is 13.0 Å². The number of nitrogens with two attached hydrogens (primary N) is 2. The lowest BCUT2D eigenvalue weighted by Gasteiger charge is -2.23. The zero-order chi connectivity index (χ0) is 20.4. The number of hydrogen-bond acceptors (Lipinski definition) is 7. The Hall–Kier alpha value is -2.48. The first-order valence-electron chi connectivity index (χ1n) is 10.0. The van der Waals surface area contributed by atoms with E-state index >= 15 is 0 Å². The summed E-state index contributed by atoms with van der Waals surface area (Å²) in [6, 6.07) is 3.67. The SMILES string of the molecule is CCCCOC(=O)NC/C(=C(/N)c1ccc(OC2CCCCC2)cn1)N(C)N. The van der Waals surface area contributed by atoms with Gasteiger partial charge in [0.05, 0.1) is 42.5 Å². The fourth-order valence-electron chi connectivity index (χ4n) is 3.06. The largest absolute Gasteiger partial charge is 0.489 e. The second kappa shape index (κ2) is 11.4. The molecule has 1 aliphatic carbocycles. The highest BCUT2D eigenvalue weighted by molar-refractivity contribution is 5.69. The van der Waals surface area contributed by atoms with Crippen molar-refractivity contribution >= 4 is 11.8 Å². The summed E-state index contributed by atoms with van der Waals surface area (Å²) < 4.78 is 11.1. The van der Waals surface area contributed by atoms with Crippen molar-refractivity contribution in [2.24, 2.45) is 11.6 Å². The highest BCUT2D eigenvalue weighted by atomic mass is 16.5. The Kier molecular flexibility index (Phi) is 8.87.